The summed E-state index contributed by atoms with van der Waals surface area (Å²) in [6.45, 7) is 2.06. The van der Waals surface area contributed by atoms with Crippen LogP contribution in [0.4, 0.5) is 5.69 Å². The van der Waals surface area contributed by atoms with E-state index in [2.05, 4.69) is 32.3 Å². The summed E-state index contributed by atoms with van der Waals surface area (Å²) in [5.41, 5.74) is 0.883. The van der Waals surface area contributed by atoms with E-state index >= 15 is 0 Å². The average molecular weight is 269 g/mol. The van der Waals surface area contributed by atoms with Crippen LogP contribution in [-0.2, 0) is 7.05 Å². The van der Waals surface area contributed by atoms with Gasteiger partial charge in [-0.15, -0.1) is 0 Å². The summed E-state index contributed by atoms with van der Waals surface area (Å²) in [4.78, 5) is 12.6. The molecule has 0 amide bonds. The molecule has 0 aromatic carbocycles. The molecule has 0 fully saturated rings. The van der Waals surface area contributed by atoms with Crippen LogP contribution in [-0.4, -0.2) is 29.3 Å². The molecule has 1 N–H and O–H groups in total. The fourth-order valence-corrected chi connectivity index (χ4v) is 2.10. The van der Waals surface area contributed by atoms with E-state index in [1.54, 1.807) is 23.4 Å². The van der Waals surface area contributed by atoms with Gasteiger partial charge in [-0.2, -0.15) is 5.10 Å². The summed E-state index contributed by atoms with van der Waals surface area (Å²) in [7, 11) is 1.97. The van der Waals surface area contributed by atoms with E-state index in [4.69, 9.17) is 0 Å². The fourth-order valence-electron chi connectivity index (χ4n) is 2.10. The fraction of sp³-hybridized carbons (Fsp3) is 0.231. The predicted molar refractivity (Wildman–Crippen MR) is 74.4 cm³/mol. The van der Waals surface area contributed by atoms with Gasteiger partial charge >= 0.3 is 0 Å². The maximum Gasteiger partial charge on any atom is 0.178 e. The molecular formula is C13H15N7. The lowest BCUT2D eigenvalue weighted by atomic mass is 10.2. The molecule has 0 spiro atoms. The van der Waals surface area contributed by atoms with E-state index in [0.29, 0.717) is 5.82 Å². The van der Waals surface area contributed by atoms with Gasteiger partial charge in [-0.05, 0) is 19.1 Å². The van der Waals surface area contributed by atoms with Gasteiger partial charge in [-0.3, -0.25) is 0 Å². The Bertz CT molecular complexity index is 686. The average Bonchev–Trinajstić information content (AvgIpc) is 3.10. The molecule has 7 heteroatoms. The zero-order valence-corrected chi connectivity index (χ0v) is 11.3. The van der Waals surface area contributed by atoms with Crippen LogP contribution in [0.15, 0.2) is 43.4 Å². The lowest BCUT2D eigenvalue weighted by Gasteiger charge is -2.17. The number of hydrogen-bond acceptors (Lipinski definition) is 5. The zero-order valence-electron chi connectivity index (χ0n) is 11.3. The molecule has 0 saturated heterocycles. The number of aryl methyl sites for hydroxylation is 1. The minimum Gasteiger partial charge on any atom is -0.372 e. The maximum absolute atomic E-state index is 4.35. The number of nitrogens with zero attached hydrogens (tertiary/aromatic N) is 6. The number of aromatic nitrogens is 6. The van der Waals surface area contributed by atoms with Crippen LogP contribution >= 0.6 is 0 Å². The first kappa shape index (κ1) is 12.3. The highest BCUT2D eigenvalue weighted by Crippen LogP contribution is 2.21. The van der Waals surface area contributed by atoms with E-state index in [0.717, 1.165) is 11.5 Å². The first-order chi connectivity index (χ1) is 9.75. The van der Waals surface area contributed by atoms with E-state index in [1.165, 1.54) is 6.33 Å². The van der Waals surface area contributed by atoms with Gasteiger partial charge in [-0.25, -0.2) is 19.6 Å². The van der Waals surface area contributed by atoms with Crippen LogP contribution in [0.25, 0.3) is 5.82 Å². The third-order valence-corrected chi connectivity index (χ3v) is 3.04. The van der Waals surface area contributed by atoms with Gasteiger partial charge in [0.1, 0.15) is 18.5 Å². The number of anilines is 1. The van der Waals surface area contributed by atoms with Crippen LogP contribution in [0.2, 0.25) is 0 Å². The molecule has 20 heavy (non-hydrogen) atoms. The Morgan fingerprint density at radius 3 is 2.85 bits per heavy atom. The van der Waals surface area contributed by atoms with Crippen LogP contribution in [0.1, 0.15) is 18.8 Å². The Morgan fingerprint density at radius 1 is 1.25 bits per heavy atom. The monoisotopic (exact) mass is 269 g/mol. The van der Waals surface area contributed by atoms with Gasteiger partial charge in [0.15, 0.2) is 5.82 Å². The van der Waals surface area contributed by atoms with Crippen molar-refractivity contribution in [3.63, 3.8) is 0 Å². The number of imidazole rings is 1. The topological polar surface area (TPSA) is 73.5 Å². The number of pyridine rings is 1. The summed E-state index contributed by atoms with van der Waals surface area (Å²) in [6.07, 6.45) is 8.55. The molecule has 3 heterocycles. The largest absolute Gasteiger partial charge is 0.372 e. The van der Waals surface area contributed by atoms with Crippen molar-refractivity contribution in [2.24, 2.45) is 7.05 Å². The molecular weight excluding hydrogens is 254 g/mol. The van der Waals surface area contributed by atoms with Crippen molar-refractivity contribution >= 4 is 5.69 Å². The Morgan fingerprint density at radius 2 is 2.15 bits per heavy atom. The molecule has 3 aromatic heterocycles. The van der Waals surface area contributed by atoms with Crippen LogP contribution in [0.3, 0.4) is 0 Å². The van der Waals surface area contributed by atoms with Crippen LogP contribution < -0.4 is 5.32 Å². The Balaban J connectivity index is 1.90. The van der Waals surface area contributed by atoms with Crippen molar-refractivity contribution in [3.8, 4) is 5.82 Å². The van der Waals surface area contributed by atoms with E-state index in [1.807, 2.05) is 29.9 Å². The van der Waals surface area contributed by atoms with Crippen molar-refractivity contribution in [1.82, 2.24) is 29.3 Å². The molecule has 3 rings (SSSR count). The summed E-state index contributed by atoms with van der Waals surface area (Å²) in [6, 6.07) is 3.90. The van der Waals surface area contributed by atoms with E-state index < -0.39 is 0 Å². The summed E-state index contributed by atoms with van der Waals surface area (Å²) >= 11 is 0. The molecule has 1 atom stereocenters. The van der Waals surface area contributed by atoms with Gasteiger partial charge < -0.3 is 9.88 Å². The zero-order chi connectivity index (χ0) is 13.9. The van der Waals surface area contributed by atoms with Crippen molar-refractivity contribution in [2.75, 3.05) is 5.32 Å². The molecule has 0 aliphatic carbocycles. The summed E-state index contributed by atoms with van der Waals surface area (Å²) < 4.78 is 3.62. The molecule has 0 saturated carbocycles. The Labute approximate surface area is 116 Å². The molecule has 0 aliphatic rings. The van der Waals surface area contributed by atoms with Crippen molar-refractivity contribution in [2.45, 2.75) is 13.0 Å². The SMILES string of the molecule is CC(Nc1cccnc1-n1cncn1)c1nccn1C. The number of nitrogens with one attached hydrogen (secondary N) is 1. The van der Waals surface area contributed by atoms with Crippen LogP contribution in [0.5, 0.6) is 0 Å². The molecule has 102 valence electrons. The molecule has 3 aromatic rings. The van der Waals surface area contributed by atoms with Crippen molar-refractivity contribution in [3.05, 3.63) is 49.2 Å². The van der Waals surface area contributed by atoms with Gasteiger partial charge in [-0.1, -0.05) is 0 Å². The maximum atomic E-state index is 4.35. The normalized spacial score (nSPS) is 12.3. The van der Waals surface area contributed by atoms with Gasteiger partial charge in [0.2, 0.25) is 0 Å². The summed E-state index contributed by atoms with van der Waals surface area (Å²) in [5, 5.41) is 7.52. The highest BCUT2D eigenvalue weighted by molar-refractivity contribution is 5.56. The summed E-state index contributed by atoms with van der Waals surface area (Å²) in [5.74, 6) is 1.67. The van der Waals surface area contributed by atoms with Crippen molar-refractivity contribution < 1.29 is 0 Å². The van der Waals surface area contributed by atoms with Gasteiger partial charge in [0, 0.05) is 25.6 Å². The highest BCUT2D eigenvalue weighted by atomic mass is 15.3. The minimum atomic E-state index is 0.0569. The first-order valence-electron chi connectivity index (χ1n) is 6.29. The number of rotatable bonds is 4. The standard InChI is InChI=1S/C13H15N7/c1-10(12-16-6-7-19(12)2)18-11-4-3-5-15-13(11)20-9-14-8-17-20/h3-10,18H,1-2H3. The second-order valence-corrected chi connectivity index (χ2v) is 4.48. The van der Waals surface area contributed by atoms with E-state index in [-0.39, 0.29) is 6.04 Å². The first-order valence-corrected chi connectivity index (χ1v) is 6.29. The predicted octanol–water partition coefficient (Wildman–Crippen LogP) is 1.57. The van der Waals surface area contributed by atoms with Crippen LogP contribution in [0, 0.1) is 0 Å². The second-order valence-electron chi connectivity index (χ2n) is 4.48. The third kappa shape index (κ3) is 2.25. The van der Waals surface area contributed by atoms with E-state index in [9.17, 15) is 0 Å². The third-order valence-electron chi connectivity index (χ3n) is 3.04. The minimum absolute atomic E-state index is 0.0569. The molecule has 0 bridgehead atoms. The molecule has 7 nitrogen and oxygen atoms in total. The lowest BCUT2D eigenvalue weighted by molar-refractivity contribution is 0.718. The second kappa shape index (κ2) is 5.12. The lowest BCUT2D eigenvalue weighted by Crippen LogP contribution is -2.14. The Hall–Kier alpha value is -2.70. The van der Waals surface area contributed by atoms with Crippen molar-refractivity contribution in [1.29, 1.82) is 0 Å². The highest BCUT2D eigenvalue weighted by Gasteiger charge is 2.13. The Kier molecular flexibility index (Phi) is 3.16. The van der Waals surface area contributed by atoms with Gasteiger partial charge in [0.25, 0.3) is 0 Å². The smallest absolute Gasteiger partial charge is 0.178 e. The molecule has 1 unspecified atom stereocenters. The quantitative estimate of drug-likeness (QED) is 0.778. The molecule has 0 radical (unpaired) electrons. The van der Waals surface area contributed by atoms with Gasteiger partial charge in [0.05, 0.1) is 11.7 Å². The number of hydrogen-bond donors (Lipinski definition) is 1. The molecule has 0 aliphatic heterocycles.